The molecule has 1 aromatic rings. The first kappa shape index (κ1) is 18.7. The predicted octanol–water partition coefficient (Wildman–Crippen LogP) is 2.88. The second-order valence-electron chi connectivity index (χ2n) is 7.54. The Hall–Kier alpha value is -1.59. The van der Waals surface area contributed by atoms with Gasteiger partial charge in [0.1, 0.15) is 6.10 Å². The van der Waals surface area contributed by atoms with Gasteiger partial charge in [-0.25, -0.2) is 4.79 Å². The molecule has 5 nitrogen and oxygen atoms in total. The lowest BCUT2D eigenvalue weighted by atomic mass is 9.87. The summed E-state index contributed by atoms with van der Waals surface area (Å²) in [7, 11) is 0. The van der Waals surface area contributed by atoms with Gasteiger partial charge in [-0.1, -0.05) is 38.1 Å². The van der Waals surface area contributed by atoms with Gasteiger partial charge in [0.15, 0.2) is 0 Å². The lowest BCUT2D eigenvalue weighted by Crippen LogP contribution is -2.49. The van der Waals surface area contributed by atoms with Crippen LogP contribution in [0.25, 0.3) is 0 Å². The number of aliphatic hydroxyl groups is 1. The zero-order valence-corrected chi connectivity index (χ0v) is 15.2. The van der Waals surface area contributed by atoms with Crippen LogP contribution in [-0.2, 0) is 4.74 Å². The summed E-state index contributed by atoms with van der Waals surface area (Å²) in [4.78, 5) is 14.3. The van der Waals surface area contributed by atoms with Crippen LogP contribution in [-0.4, -0.2) is 48.4 Å². The molecular formula is C19H30N2O3. The van der Waals surface area contributed by atoms with Crippen molar-refractivity contribution in [2.24, 2.45) is 5.41 Å². The quantitative estimate of drug-likeness (QED) is 0.870. The second-order valence-corrected chi connectivity index (χ2v) is 7.54. The van der Waals surface area contributed by atoms with Gasteiger partial charge >= 0.3 is 6.03 Å². The van der Waals surface area contributed by atoms with Crippen LogP contribution in [0, 0.1) is 12.3 Å². The Balaban J connectivity index is 1.92. The molecule has 24 heavy (non-hydrogen) atoms. The fourth-order valence-corrected chi connectivity index (χ4v) is 3.27. The first-order valence-corrected chi connectivity index (χ1v) is 8.66. The molecule has 0 aliphatic carbocycles. The maximum atomic E-state index is 12.5. The Morgan fingerprint density at radius 1 is 1.46 bits per heavy atom. The van der Waals surface area contributed by atoms with E-state index in [1.807, 2.05) is 17.0 Å². The van der Waals surface area contributed by atoms with Crippen LogP contribution in [0.2, 0.25) is 0 Å². The molecule has 1 aliphatic rings. The number of nitrogens with zero attached hydrogens (tertiary/aromatic N) is 1. The highest BCUT2D eigenvalue weighted by Crippen LogP contribution is 2.25. The minimum atomic E-state index is -0.370. The summed E-state index contributed by atoms with van der Waals surface area (Å²) in [5.74, 6) is 0. The molecule has 0 aromatic heterocycles. The summed E-state index contributed by atoms with van der Waals surface area (Å²) in [5.41, 5.74) is 2.19. The number of hydrogen-bond acceptors (Lipinski definition) is 3. The van der Waals surface area contributed by atoms with Crippen LogP contribution in [0.3, 0.4) is 0 Å². The number of ether oxygens (including phenoxy) is 1. The summed E-state index contributed by atoms with van der Waals surface area (Å²) < 4.78 is 5.87. The molecule has 0 spiro atoms. The second kappa shape index (κ2) is 7.99. The molecule has 1 aromatic carbocycles. The molecule has 1 heterocycles. The van der Waals surface area contributed by atoms with Crippen molar-refractivity contribution in [1.82, 2.24) is 10.2 Å². The monoisotopic (exact) mass is 334 g/mol. The molecule has 0 radical (unpaired) electrons. The number of benzene rings is 1. The van der Waals surface area contributed by atoms with Crippen LogP contribution in [0.5, 0.6) is 0 Å². The van der Waals surface area contributed by atoms with E-state index in [4.69, 9.17) is 4.74 Å². The molecule has 2 amide bonds. The highest BCUT2D eigenvalue weighted by molar-refractivity contribution is 5.74. The molecule has 1 aliphatic heterocycles. The fourth-order valence-electron chi connectivity index (χ4n) is 3.27. The van der Waals surface area contributed by atoms with E-state index in [0.717, 1.165) is 5.56 Å². The normalized spacial score (nSPS) is 19.9. The van der Waals surface area contributed by atoms with Crippen molar-refractivity contribution in [3.63, 3.8) is 0 Å². The van der Waals surface area contributed by atoms with Crippen molar-refractivity contribution in [3.05, 3.63) is 35.4 Å². The lowest BCUT2D eigenvalue weighted by Gasteiger charge is -2.35. The maximum absolute atomic E-state index is 12.5. The van der Waals surface area contributed by atoms with E-state index >= 15 is 0 Å². The standard InChI is InChI=1S/C19H30N2O3/c1-14-7-5-6-8-16(14)17-12-21(9-10-24-17)18(23)20-13-19(3,4)11-15(2)22/h5-8,15,17,22H,9-13H2,1-4H3,(H,20,23). The Labute approximate surface area is 145 Å². The average Bonchev–Trinajstić information content (AvgIpc) is 2.52. The third kappa shape index (κ3) is 5.21. The van der Waals surface area contributed by atoms with Crippen molar-refractivity contribution in [2.45, 2.75) is 46.3 Å². The minimum Gasteiger partial charge on any atom is -0.393 e. The van der Waals surface area contributed by atoms with Crippen LogP contribution in [0.4, 0.5) is 4.79 Å². The van der Waals surface area contributed by atoms with E-state index in [2.05, 4.69) is 38.2 Å². The Bertz CT molecular complexity index is 557. The molecular weight excluding hydrogens is 304 g/mol. The number of aryl methyl sites for hydroxylation is 1. The van der Waals surface area contributed by atoms with Gasteiger partial charge in [-0.3, -0.25) is 0 Å². The molecule has 2 N–H and O–H groups in total. The Morgan fingerprint density at radius 3 is 2.83 bits per heavy atom. The SMILES string of the molecule is Cc1ccccc1C1CN(C(=O)NCC(C)(C)CC(C)O)CCO1. The van der Waals surface area contributed by atoms with Gasteiger partial charge in [-0.05, 0) is 36.8 Å². The van der Waals surface area contributed by atoms with E-state index in [1.165, 1.54) is 5.56 Å². The summed E-state index contributed by atoms with van der Waals surface area (Å²) in [6, 6.07) is 8.08. The minimum absolute atomic E-state index is 0.0597. The molecule has 134 valence electrons. The van der Waals surface area contributed by atoms with Crippen LogP contribution >= 0.6 is 0 Å². The first-order chi connectivity index (χ1) is 11.3. The largest absolute Gasteiger partial charge is 0.393 e. The number of carbonyl (C=O) groups is 1. The summed E-state index contributed by atoms with van der Waals surface area (Å²) >= 11 is 0. The van der Waals surface area contributed by atoms with Gasteiger partial charge < -0.3 is 20.1 Å². The lowest BCUT2D eigenvalue weighted by molar-refractivity contribution is -0.0161. The number of urea groups is 1. The summed E-state index contributed by atoms with van der Waals surface area (Å²) in [6.45, 7) is 10.2. The average molecular weight is 334 g/mol. The highest BCUT2D eigenvalue weighted by Gasteiger charge is 2.28. The van der Waals surface area contributed by atoms with Crippen molar-refractivity contribution < 1.29 is 14.6 Å². The van der Waals surface area contributed by atoms with Gasteiger partial charge in [0.25, 0.3) is 0 Å². The van der Waals surface area contributed by atoms with E-state index in [9.17, 15) is 9.90 Å². The van der Waals surface area contributed by atoms with Crippen LogP contribution in [0.15, 0.2) is 24.3 Å². The van der Waals surface area contributed by atoms with E-state index in [1.54, 1.807) is 6.92 Å². The van der Waals surface area contributed by atoms with Crippen molar-refractivity contribution in [2.75, 3.05) is 26.2 Å². The van der Waals surface area contributed by atoms with Gasteiger partial charge in [0, 0.05) is 13.1 Å². The number of carbonyl (C=O) groups excluding carboxylic acids is 1. The van der Waals surface area contributed by atoms with Gasteiger partial charge in [0.2, 0.25) is 0 Å². The molecule has 2 atom stereocenters. The molecule has 2 unspecified atom stereocenters. The summed E-state index contributed by atoms with van der Waals surface area (Å²) in [5, 5.41) is 12.6. The molecule has 1 saturated heterocycles. The number of nitrogens with one attached hydrogen (secondary N) is 1. The molecule has 1 fully saturated rings. The van der Waals surface area contributed by atoms with Gasteiger partial charge in [-0.2, -0.15) is 0 Å². The number of morpholine rings is 1. The number of rotatable bonds is 5. The highest BCUT2D eigenvalue weighted by atomic mass is 16.5. The van der Waals surface area contributed by atoms with Gasteiger partial charge in [0.05, 0.1) is 19.3 Å². The molecule has 5 heteroatoms. The maximum Gasteiger partial charge on any atom is 0.317 e. The third-order valence-electron chi connectivity index (χ3n) is 4.46. The molecule has 2 rings (SSSR count). The summed E-state index contributed by atoms with van der Waals surface area (Å²) in [6.07, 6.45) is 0.212. The Morgan fingerprint density at radius 2 is 2.17 bits per heavy atom. The van der Waals surface area contributed by atoms with Crippen LogP contribution < -0.4 is 5.32 Å². The van der Waals surface area contributed by atoms with Crippen molar-refractivity contribution in [1.29, 1.82) is 0 Å². The number of hydrogen-bond donors (Lipinski definition) is 2. The zero-order chi connectivity index (χ0) is 17.7. The van der Waals surface area contributed by atoms with Gasteiger partial charge in [-0.15, -0.1) is 0 Å². The third-order valence-corrected chi connectivity index (χ3v) is 4.46. The fraction of sp³-hybridized carbons (Fsp3) is 0.632. The predicted molar refractivity (Wildman–Crippen MR) is 94.9 cm³/mol. The van der Waals surface area contributed by atoms with E-state index < -0.39 is 0 Å². The number of amides is 2. The van der Waals surface area contributed by atoms with Crippen molar-refractivity contribution >= 4 is 6.03 Å². The van der Waals surface area contributed by atoms with E-state index in [0.29, 0.717) is 32.7 Å². The van der Waals surface area contributed by atoms with Crippen molar-refractivity contribution in [3.8, 4) is 0 Å². The number of aliphatic hydroxyl groups excluding tert-OH is 1. The Kier molecular flexibility index (Phi) is 6.24. The topological polar surface area (TPSA) is 61.8 Å². The molecule has 0 saturated carbocycles. The first-order valence-electron chi connectivity index (χ1n) is 8.66. The smallest absolute Gasteiger partial charge is 0.317 e. The zero-order valence-electron chi connectivity index (χ0n) is 15.2. The van der Waals surface area contributed by atoms with E-state index in [-0.39, 0.29) is 23.7 Å². The molecule has 0 bridgehead atoms. The van der Waals surface area contributed by atoms with Crippen LogP contribution in [0.1, 0.15) is 44.4 Å².